The van der Waals surface area contributed by atoms with Crippen molar-refractivity contribution in [2.24, 2.45) is 0 Å². The van der Waals surface area contributed by atoms with Crippen LogP contribution in [0, 0.1) is 0 Å². The lowest BCUT2D eigenvalue weighted by Crippen LogP contribution is -2.24. The van der Waals surface area contributed by atoms with E-state index in [2.05, 4.69) is 36.4 Å². The van der Waals surface area contributed by atoms with Gasteiger partial charge in [-0.2, -0.15) is 0 Å². The Balaban J connectivity index is 3.61. The number of hydrogen-bond donors (Lipinski definition) is 0. The van der Waals surface area contributed by atoms with Gasteiger partial charge in [-0.15, -0.1) is 0 Å². The van der Waals surface area contributed by atoms with Crippen LogP contribution in [-0.4, -0.2) is 20.3 Å². The molecule has 0 N–H and O–H groups in total. The van der Waals surface area contributed by atoms with Gasteiger partial charge in [0, 0.05) is 17.6 Å². The van der Waals surface area contributed by atoms with E-state index >= 15 is 0 Å². The van der Waals surface area contributed by atoms with E-state index in [0.717, 1.165) is 43.3 Å². The first-order valence-corrected chi connectivity index (χ1v) is 6.09. The molecule has 0 heterocycles. The summed E-state index contributed by atoms with van der Waals surface area (Å²) in [6, 6.07) is 0. The van der Waals surface area contributed by atoms with E-state index in [9.17, 15) is 0 Å². The Morgan fingerprint density at radius 2 is 1.57 bits per heavy atom. The van der Waals surface area contributed by atoms with E-state index in [1.54, 1.807) is 0 Å². The molecule has 0 aromatic carbocycles. The van der Waals surface area contributed by atoms with Crippen molar-refractivity contribution in [3.63, 3.8) is 0 Å². The van der Waals surface area contributed by atoms with Crippen molar-refractivity contribution < 1.29 is 9.31 Å². The summed E-state index contributed by atoms with van der Waals surface area (Å²) in [6.07, 6.45) is 4.40. The number of hydrogen-bond acceptors (Lipinski definition) is 2. The highest BCUT2D eigenvalue weighted by Crippen LogP contribution is 2.10. The second-order valence-electron chi connectivity index (χ2n) is 3.23. The molecule has 0 aliphatic rings. The van der Waals surface area contributed by atoms with Crippen LogP contribution >= 0.6 is 15.9 Å². The van der Waals surface area contributed by atoms with Gasteiger partial charge < -0.3 is 9.31 Å². The van der Waals surface area contributed by atoms with Gasteiger partial charge in [-0.05, 0) is 12.8 Å². The van der Waals surface area contributed by atoms with Gasteiger partial charge in [-0.1, -0.05) is 49.2 Å². The molecule has 0 aliphatic carbocycles. The molecule has 0 unspecified atom stereocenters. The van der Waals surface area contributed by atoms with Crippen LogP contribution in [0.4, 0.5) is 0 Å². The highest BCUT2D eigenvalue weighted by molar-refractivity contribution is 9.12. The van der Waals surface area contributed by atoms with Crippen LogP contribution in [0.3, 0.4) is 0 Å². The third-order valence-electron chi connectivity index (χ3n) is 1.79. The fourth-order valence-electron chi connectivity index (χ4n) is 0.898. The summed E-state index contributed by atoms with van der Waals surface area (Å²) >= 11 is 3.30. The quantitative estimate of drug-likeness (QED) is 0.467. The summed E-state index contributed by atoms with van der Waals surface area (Å²) < 4.78 is 11.8. The van der Waals surface area contributed by atoms with Crippen LogP contribution in [0.5, 0.6) is 0 Å². The summed E-state index contributed by atoms with van der Waals surface area (Å²) in [5.74, 6) is 0. The molecule has 0 amide bonds. The number of unbranched alkanes of at least 4 members (excludes halogenated alkanes) is 2. The predicted molar refractivity (Wildman–Crippen MR) is 65.5 cm³/mol. The van der Waals surface area contributed by atoms with Crippen LogP contribution in [0.25, 0.3) is 0 Å². The van der Waals surface area contributed by atoms with Crippen LogP contribution < -0.4 is 0 Å². The molecule has 4 heteroatoms. The van der Waals surface area contributed by atoms with Gasteiger partial charge in [0.05, 0.1) is 0 Å². The highest BCUT2D eigenvalue weighted by atomic mass is 79.9. The largest absolute Gasteiger partial charge is 0.500 e. The Morgan fingerprint density at radius 3 is 1.86 bits per heavy atom. The van der Waals surface area contributed by atoms with Crippen molar-refractivity contribution in [1.29, 1.82) is 0 Å². The zero-order valence-corrected chi connectivity index (χ0v) is 10.8. The molecule has 82 valence electrons. The molecule has 0 aromatic rings. The zero-order chi connectivity index (χ0) is 10.8. The van der Waals surface area contributed by atoms with Crippen LogP contribution in [0.1, 0.15) is 39.5 Å². The summed E-state index contributed by atoms with van der Waals surface area (Å²) in [5.41, 5.74) is 0. The molecule has 0 saturated carbocycles. The summed E-state index contributed by atoms with van der Waals surface area (Å²) in [5, 5.41) is 0. The molecular formula is C10H20BBrO2. The topological polar surface area (TPSA) is 18.5 Å². The summed E-state index contributed by atoms with van der Waals surface area (Å²) in [4.78, 5) is 0. The summed E-state index contributed by atoms with van der Waals surface area (Å²) in [7, 11) is -0.284. The first-order valence-electron chi connectivity index (χ1n) is 5.29. The molecule has 0 aromatic heterocycles. The second kappa shape index (κ2) is 9.75. The predicted octanol–water partition coefficient (Wildman–Crippen LogP) is 3.56. The Bertz CT molecular complexity index is 143. The smallest absolute Gasteiger partial charge is 0.407 e. The van der Waals surface area contributed by atoms with Crippen molar-refractivity contribution >= 4 is 23.0 Å². The van der Waals surface area contributed by atoms with Gasteiger partial charge in [0.25, 0.3) is 0 Å². The fraction of sp³-hybridized carbons (Fsp3) is 0.800. The lowest BCUT2D eigenvalue weighted by atomic mass is 9.90. The maximum absolute atomic E-state index is 5.52. The van der Waals surface area contributed by atoms with Crippen LogP contribution in [0.15, 0.2) is 11.0 Å². The molecule has 0 rings (SSSR count). The lowest BCUT2D eigenvalue weighted by Gasteiger charge is -2.13. The molecule has 0 fully saturated rings. The van der Waals surface area contributed by atoms with E-state index in [-0.39, 0.29) is 7.12 Å². The standard InChI is InChI=1S/C10H20BBrO2/c1-4-6-8-13-11(10(3)12)14-9-7-5-2/h3-9H2,1-2H3. The van der Waals surface area contributed by atoms with E-state index in [4.69, 9.17) is 9.31 Å². The SMILES string of the molecule is C=C(Br)B(OCCCC)OCCCC. The molecule has 0 spiro atoms. The Labute approximate surface area is 96.3 Å². The Hall–Kier alpha value is 0.205. The van der Waals surface area contributed by atoms with E-state index in [1.807, 2.05) is 0 Å². The summed E-state index contributed by atoms with van der Waals surface area (Å²) in [6.45, 7) is 9.52. The number of rotatable bonds is 9. The van der Waals surface area contributed by atoms with Gasteiger partial charge in [0.2, 0.25) is 0 Å². The molecule has 0 atom stereocenters. The Kier molecular flexibility index (Phi) is 9.89. The second-order valence-corrected chi connectivity index (χ2v) is 4.25. The van der Waals surface area contributed by atoms with Crippen molar-refractivity contribution in [2.45, 2.75) is 39.5 Å². The maximum Gasteiger partial charge on any atom is 0.500 e. The van der Waals surface area contributed by atoms with Gasteiger partial charge in [-0.25, -0.2) is 0 Å². The molecular weight excluding hydrogens is 243 g/mol. The Morgan fingerprint density at radius 1 is 1.14 bits per heavy atom. The monoisotopic (exact) mass is 262 g/mol. The highest BCUT2D eigenvalue weighted by Gasteiger charge is 2.19. The number of halogens is 1. The van der Waals surface area contributed by atoms with Gasteiger partial charge in [0.1, 0.15) is 0 Å². The van der Waals surface area contributed by atoms with E-state index in [1.165, 1.54) is 0 Å². The zero-order valence-electron chi connectivity index (χ0n) is 9.22. The maximum atomic E-state index is 5.52. The van der Waals surface area contributed by atoms with Gasteiger partial charge in [-0.3, -0.25) is 0 Å². The third kappa shape index (κ3) is 7.59. The molecule has 14 heavy (non-hydrogen) atoms. The average Bonchev–Trinajstić information content (AvgIpc) is 2.15. The average molecular weight is 263 g/mol. The normalized spacial score (nSPS) is 10.2. The third-order valence-corrected chi connectivity index (χ3v) is 2.16. The minimum atomic E-state index is -0.284. The fourth-order valence-corrected chi connectivity index (χ4v) is 1.16. The first kappa shape index (κ1) is 14.2. The van der Waals surface area contributed by atoms with Gasteiger partial charge in [0.15, 0.2) is 0 Å². The molecule has 0 bridgehead atoms. The minimum Gasteiger partial charge on any atom is -0.407 e. The van der Waals surface area contributed by atoms with Crippen LogP contribution in [-0.2, 0) is 9.31 Å². The van der Waals surface area contributed by atoms with Crippen molar-refractivity contribution in [3.8, 4) is 0 Å². The van der Waals surface area contributed by atoms with E-state index < -0.39 is 0 Å². The van der Waals surface area contributed by atoms with Crippen molar-refractivity contribution in [1.82, 2.24) is 0 Å². The van der Waals surface area contributed by atoms with Gasteiger partial charge >= 0.3 is 7.12 Å². The minimum absolute atomic E-state index is 0.284. The molecule has 2 nitrogen and oxygen atoms in total. The molecule has 0 aliphatic heterocycles. The van der Waals surface area contributed by atoms with E-state index in [0.29, 0.717) is 0 Å². The van der Waals surface area contributed by atoms with Crippen LogP contribution in [0.2, 0.25) is 0 Å². The first-order chi connectivity index (χ1) is 6.72. The molecule has 0 saturated heterocycles. The lowest BCUT2D eigenvalue weighted by molar-refractivity contribution is 0.200. The van der Waals surface area contributed by atoms with Crippen molar-refractivity contribution in [2.75, 3.05) is 13.2 Å². The molecule has 0 radical (unpaired) electrons. The van der Waals surface area contributed by atoms with Crippen molar-refractivity contribution in [3.05, 3.63) is 11.0 Å².